The van der Waals surface area contributed by atoms with E-state index in [0.717, 1.165) is 5.56 Å². The largest absolute Gasteiger partial charge is 0.462 e. The summed E-state index contributed by atoms with van der Waals surface area (Å²) in [6, 6.07) is 9.80. The SMILES string of the molecule is CC(=O)O[C@@H]1C[C@H]([C@H](O)CO)O[C@@H](/C=C/c2ccccc2)[C@@H]1C. The van der Waals surface area contributed by atoms with Gasteiger partial charge in [0.15, 0.2) is 0 Å². The molecule has 1 fully saturated rings. The summed E-state index contributed by atoms with van der Waals surface area (Å²) >= 11 is 0. The van der Waals surface area contributed by atoms with E-state index in [1.807, 2.05) is 49.4 Å². The minimum Gasteiger partial charge on any atom is -0.462 e. The van der Waals surface area contributed by atoms with Gasteiger partial charge < -0.3 is 19.7 Å². The van der Waals surface area contributed by atoms with Gasteiger partial charge in [-0.25, -0.2) is 0 Å². The zero-order valence-electron chi connectivity index (χ0n) is 13.5. The Morgan fingerprint density at radius 3 is 2.74 bits per heavy atom. The number of aliphatic hydroxyl groups excluding tert-OH is 2. The van der Waals surface area contributed by atoms with Crippen molar-refractivity contribution in [3.63, 3.8) is 0 Å². The number of ether oxygens (including phenoxy) is 2. The van der Waals surface area contributed by atoms with Crippen LogP contribution in [-0.2, 0) is 14.3 Å². The monoisotopic (exact) mass is 320 g/mol. The predicted octanol–water partition coefficient (Wildman–Crippen LogP) is 1.78. The summed E-state index contributed by atoms with van der Waals surface area (Å²) in [4.78, 5) is 11.3. The first-order valence-electron chi connectivity index (χ1n) is 7.86. The molecule has 0 saturated carbocycles. The van der Waals surface area contributed by atoms with Gasteiger partial charge >= 0.3 is 5.97 Å². The molecule has 5 heteroatoms. The van der Waals surface area contributed by atoms with E-state index in [2.05, 4.69) is 0 Å². The lowest BCUT2D eigenvalue weighted by Crippen LogP contribution is -2.48. The van der Waals surface area contributed by atoms with Gasteiger partial charge in [-0.2, -0.15) is 0 Å². The second-order valence-corrected chi connectivity index (χ2v) is 5.90. The quantitative estimate of drug-likeness (QED) is 0.809. The van der Waals surface area contributed by atoms with Crippen LogP contribution in [0.4, 0.5) is 0 Å². The third-order valence-corrected chi connectivity index (χ3v) is 4.11. The third kappa shape index (κ3) is 4.89. The standard InChI is InChI=1S/C18H24O5/c1-12-16(9-8-14-6-4-3-5-7-14)23-18(15(21)11-19)10-17(12)22-13(2)20/h3-9,12,15-19,21H,10-11H2,1-2H3/b9-8+/t12-,15+,16-,17+,18+/m0/s1. The number of esters is 1. The lowest BCUT2D eigenvalue weighted by molar-refractivity contribution is -0.180. The van der Waals surface area contributed by atoms with Crippen molar-refractivity contribution in [2.45, 2.75) is 44.7 Å². The van der Waals surface area contributed by atoms with Gasteiger partial charge in [0.25, 0.3) is 0 Å². The van der Waals surface area contributed by atoms with E-state index in [0.29, 0.717) is 6.42 Å². The van der Waals surface area contributed by atoms with Crippen molar-refractivity contribution in [2.24, 2.45) is 5.92 Å². The van der Waals surface area contributed by atoms with Gasteiger partial charge in [-0.15, -0.1) is 0 Å². The molecule has 2 rings (SSSR count). The summed E-state index contributed by atoms with van der Waals surface area (Å²) in [5.74, 6) is -0.396. The number of carbonyl (C=O) groups excluding carboxylic acids is 1. The van der Waals surface area contributed by atoms with Gasteiger partial charge in [0, 0.05) is 19.3 Å². The smallest absolute Gasteiger partial charge is 0.302 e. The van der Waals surface area contributed by atoms with Crippen LogP contribution in [0.2, 0.25) is 0 Å². The van der Waals surface area contributed by atoms with Crippen molar-refractivity contribution < 1.29 is 24.5 Å². The van der Waals surface area contributed by atoms with Crippen LogP contribution < -0.4 is 0 Å². The Labute approximate surface area is 136 Å². The predicted molar refractivity (Wildman–Crippen MR) is 86.6 cm³/mol. The normalized spacial score (nSPS) is 29.4. The Bertz CT molecular complexity index is 527. The average molecular weight is 320 g/mol. The van der Waals surface area contributed by atoms with Crippen molar-refractivity contribution in [3.8, 4) is 0 Å². The number of hydrogen-bond donors (Lipinski definition) is 2. The molecule has 0 unspecified atom stereocenters. The molecule has 1 aromatic rings. The second-order valence-electron chi connectivity index (χ2n) is 5.90. The van der Waals surface area contributed by atoms with Crippen molar-refractivity contribution >= 4 is 12.0 Å². The molecule has 23 heavy (non-hydrogen) atoms. The molecule has 0 aromatic heterocycles. The van der Waals surface area contributed by atoms with Gasteiger partial charge in [0.2, 0.25) is 0 Å². The molecule has 0 radical (unpaired) electrons. The fraction of sp³-hybridized carbons (Fsp3) is 0.500. The molecule has 1 aromatic carbocycles. The van der Waals surface area contributed by atoms with Gasteiger partial charge in [-0.1, -0.05) is 49.4 Å². The van der Waals surface area contributed by atoms with Crippen LogP contribution >= 0.6 is 0 Å². The lowest BCUT2D eigenvalue weighted by atomic mass is 9.88. The summed E-state index contributed by atoms with van der Waals surface area (Å²) in [7, 11) is 0. The highest BCUT2D eigenvalue weighted by Crippen LogP contribution is 2.30. The van der Waals surface area contributed by atoms with Crippen LogP contribution in [0.1, 0.15) is 25.8 Å². The molecule has 5 atom stereocenters. The Morgan fingerprint density at radius 2 is 2.13 bits per heavy atom. The molecule has 1 aliphatic rings. The maximum Gasteiger partial charge on any atom is 0.302 e. The van der Waals surface area contributed by atoms with E-state index in [4.69, 9.17) is 14.6 Å². The molecule has 1 saturated heterocycles. The molecule has 0 spiro atoms. The first kappa shape index (κ1) is 17.7. The van der Waals surface area contributed by atoms with Crippen molar-refractivity contribution in [1.29, 1.82) is 0 Å². The number of benzene rings is 1. The van der Waals surface area contributed by atoms with Crippen LogP contribution in [0.25, 0.3) is 6.08 Å². The Hall–Kier alpha value is -1.69. The molecular formula is C18H24O5. The van der Waals surface area contributed by atoms with E-state index in [1.54, 1.807) is 0 Å². The average Bonchev–Trinajstić information content (AvgIpc) is 2.55. The summed E-state index contributed by atoms with van der Waals surface area (Å²) in [5.41, 5.74) is 1.04. The highest BCUT2D eigenvalue weighted by Gasteiger charge is 2.39. The topological polar surface area (TPSA) is 76.0 Å². The number of carbonyl (C=O) groups is 1. The minimum atomic E-state index is -0.992. The molecule has 1 aliphatic heterocycles. The minimum absolute atomic E-state index is 0.0407. The van der Waals surface area contributed by atoms with Crippen LogP contribution in [0, 0.1) is 5.92 Å². The van der Waals surface area contributed by atoms with E-state index in [1.165, 1.54) is 6.92 Å². The zero-order valence-corrected chi connectivity index (χ0v) is 13.5. The fourth-order valence-electron chi connectivity index (χ4n) is 2.76. The molecular weight excluding hydrogens is 296 g/mol. The molecule has 0 amide bonds. The number of hydrogen-bond acceptors (Lipinski definition) is 5. The Morgan fingerprint density at radius 1 is 1.43 bits per heavy atom. The molecule has 1 heterocycles. The van der Waals surface area contributed by atoms with E-state index < -0.39 is 12.2 Å². The van der Waals surface area contributed by atoms with Crippen LogP contribution in [-0.4, -0.2) is 47.2 Å². The molecule has 126 valence electrons. The molecule has 5 nitrogen and oxygen atoms in total. The molecule has 0 bridgehead atoms. The fourth-order valence-corrected chi connectivity index (χ4v) is 2.76. The highest BCUT2D eigenvalue weighted by atomic mass is 16.6. The van der Waals surface area contributed by atoms with Crippen molar-refractivity contribution in [2.75, 3.05) is 6.61 Å². The molecule has 2 N–H and O–H groups in total. The van der Waals surface area contributed by atoms with Gasteiger partial charge in [0.05, 0.1) is 18.8 Å². The van der Waals surface area contributed by atoms with Crippen LogP contribution in [0.15, 0.2) is 36.4 Å². The number of aliphatic hydroxyl groups is 2. The van der Waals surface area contributed by atoms with Gasteiger partial charge in [-0.3, -0.25) is 4.79 Å². The molecule has 0 aliphatic carbocycles. The van der Waals surface area contributed by atoms with E-state index in [9.17, 15) is 9.90 Å². The third-order valence-electron chi connectivity index (χ3n) is 4.11. The van der Waals surface area contributed by atoms with Crippen molar-refractivity contribution in [3.05, 3.63) is 42.0 Å². The Balaban J connectivity index is 2.14. The highest BCUT2D eigenvalue weighted by molar-refractivity contribution is 5.66. The Kier molecular flexibility index (Phi) is 6.33. The first-order valence-corrected chi connectivity index (χ1v) is 7.86. The van der Waals surface area contributed by atoms with Crippen LogP contribution in [0.5, 0.6) is 0 Å². The maximum atomic E-state index is 11.3. The zero-order chi connectivity index (χ0) is 16.8. The van der Waals surface area contributed by atoms with E-state index in [-0.39, 0.29) is 30.7 Å². The van der Waals surface area contributed by atoms with Gasteiger partial charge in [-0.05, 0) is 5.56 Å². The summed E-state index contributed by atoms with van der Waals surface area (Å²) in [6.45, 7) is 2.94. The lowest BCUT2D eigenvalue weighted by Gasteiger charge is -2.40. The summed E-state index contributed by atoms with van der Waals surface area (Å²) in [6.07, 6.45) is 2.02. The number of rotatable bonds is 5. The van der Waals surface area contributed by atoms with Gasteiger partial charge in [0.1, 0.15) is 12.2 Å². The first-order chi connectivity index (χ1) is 11.0. The summed E-state index contributed by atoms with van der Waals surface area (Å²) in [5, 5.41) is 19.0. The summed E-state index contributed by atoms with van der Waals surface area (Å²) < 4.78 is 11.3. The van der Waals surface area contributed by atoms with Crippen LogP contribution in [0.3, 0.4) is 0 Å². The van der Waals surface area contributed by atoms with E-state index >= 15 is 0 Å². The van der Waals surface area contributed by atoms with Crippen molar-refractivity contribution in [1.82, 2.24) is 0 Å². The maximum absolute atomic E-state index is 11.3. The second kappa shape index (κ2) is 8.24.